The predicted octanol–water partition coefficient (Wildman–Crippen LogP) is 6.62. The highest BCUT2D eigenvalue weighted by atomic mass is 16.5. The van der Waals surface area contributed by atoms with Gasteiger partial charge in [0.2, 0.25) is 5.91 Å². The van der Waals surface area contributed by atoms with Crippen molar-refractivity contribution in [2.45, 2.75) is 32.7 Å². The minimum atomic E-state index is -0.0411. The normalized spacial score (nSPS) is 15.6. The maximum Gasteiger partial charge on any atom is 0.228 e. The largest absolute Gasteiger partial charge is 0.494 e. The summed E-state index contributed by atoms with van der Waals surface area (Å²) in [5.41, 5.74) is 5.64. The average Bonchev–Trinajstić information content (AvgIpc) is 2.82. The van der Waals surface area contributed by atoms with E-state index in [1.54, 1.807) is 0 Å². The van der Waals surface area contributed by atoms with Crippen molar-refractivity contribution in [3.8, 4) is 5.75 Å². The molecule has 1 atom stereocenters. The number of hydrogen-bond acceptors (Lipinski definition) is 2. The van der Waals surface area contributed by atoms with E-state index in [0.29, 0.717) is 19.6 Å². The van der Waals surface area contributed by atoms with E-state index in [2.05, 4.69) is 73.7 Å². The van der Waals surface area contributed by atoms with Crippen LogP contribution in [0.15, 0.2) is 84.9 Å². The highest BCUT2D eigenvalue weighted by Gasteiger charge is 2.34. The second kappa shape index (κ2) is 8.51. The van der Waals surface area contributed by atoms with Crippen LogP contribution in [0.4, 0.5) is 5.69 Å². The third-order valence-corrected chi connectivity index (χ3v) is 6.32. The third-order valence-electron chi connectivity index (χ3n) is 6.32. The first-order chi connectivity index (χ1) is 15.7. The van der Waals surface area contributed by atoms with Crippen LogP contribution in [-0.4, -0.2) is 12.5 Å². The van der Waals surface area contributed by atoms with Crippen LogP contribution in [0.5, 0.6) is 5.75 Å². The number of benzene rings is 4. The fourth-order valence-electron chi connectivity index (χ4n) is 4.78. The lowest BCUT2D eigenvalue weighted by molar-refractivity contribution is -0.119. The highest BCUT2D eigenvalue weighted by molar-refractivity contribution is 6.03. The zero-order valence-corrected chi connectivity index (χ0v) is 18.5. The number of carbonyl (C=O) groups excluding carboxylic acids is 1. The average molecular weight is 422 g/mol. The molecule has 160 valence electrons. The maximum atomic E-state index is 13.5. The summed E-state index contributed by atoms with van der Waals surface area (Å²) in [5.74, 6) is 0.962. The Morgan fingerprint density at radius 2 is 1.66 bits per heavy atom. The minimum Gasteiger partial charge on any atom is -0.494 e. The molecule has 1 unspecified atom stereocenters. The molecule has 0 saturated carbocycles. The Labute approximate surface area is 189 Å². The van der Waals surface area contributed by atoms with Crippen LogP contribution < -0.4 is 9.64 Å². The number of nitrogens with zero attached hydrogens (tertiary/aromatic N) is 1. The number of ether oxygens (including phenoxy) is 1. The molecule has 3 heteroatoms. The van der Waals surface area contributed by atoms with E-state index >= 15 is 0 Å². The summed E-state index contributed by atoms with van der Waals surface area (Å²) in [6.45, 7) is 5.25. The molecule has 0 N–H and O–H groups in total. The fourth-order valence-corrected chi connectivity index (χ4v) is 4.78. The monoisotopic (exact) mass is 421 g/mol. The summed E-state index contributed by atoms with van der Waals surface area (Å²) in [6.07, 6.45) is 0.428. The molecule has 1 aliphatic rings. The van der Waals surface area contributed by atoms with Gasteiger partial charge in [0.05, 0.1) is 13.2 Å². The van der Waals surface area contributed by atoms with Crippen molar-refractivity contribution in [1.82, 2.24) is 0 Å². The lowest BCUT2D eigenvalue weighted by atomic mass is 9.80. The molecule has 0 aliphatic carbocycles. The van der Waals surface area contributed by atoms with Crippen molar-refractivity contribution in [3.63, 3.8) is 0 Å². The van der Waals surface area contributed by atoms with E-state index in [-0.39, 0.29) is 11.8 Å². The standard InChI is InChI=1S/C29H27NO2/c1-3-32-27-11-7-6-10-24(27)25-18-28(31)30(19-21-14-12-20(2)13-15-21)26-17-16-22-8-4-5-9-23(22)29(25)26/h4-17,25H,3,18-19H2,1-2H3. The molecule has 5 rings (SSSR count). The molecule has 4 aromatic rings. The SMILES string of the molecule is CCOc1ccccc1C1CC(=O)N(Cc2ccc(C)cc2)c2ccc3ccccc3c21. The van der Waals surface area contributed by atoms with Gasteiger partial charge in [-0.15, -0.1) is 0 Å². The van der Waals surface area contributed by atoms with E-state index in [0.717, 1.165) is 22.6 Å². The van der Waals surface area contributed by atoms with Crippen LogP contribution in [0, 0.1) is 6.92 Å². The van der Waals surface area contributed by atoms with Crippen molar-refractivity contribution >= 4 is 22.4 Å². The first kappa shape index (κ1) is 20.3. The van der Waals surface area contributed by atoms with Gasteiger partial charge in [0.25, 0.3) is 0 Å². The summed E-state index contributed by atoms with van der Waals surface area (Å²) in [7, 11) is 0. The van der Waals surface area contributed by atoms with E-state index in [1.807, 2.05) is 30.0 Å². The lowest BCUT2D eigenvalue weighted by Crippen LogP contribution is -2.36. The van der Waals surface area contributed by atoms with E-state index in [4.69, 9.17) is 4.74 Å². The first-order valence-electron chi connectivity index (χ1n) is 11.2. The number of hydrogen-bond donors (Lipinski definition) is 0. The fraction of sp³-hybridized carbons (Fsp3) is 0.207. The van der Waals surface area contributed by atoms with Gasteiger partial charge in [0.15, 0.2) is 0 Å². The topological polar surface area (TPSA) is 29.5 Å². The summed E-state index contributed by atoms with van der Waals surface area (Å²) < 4.78 is 5.96. The number of amides is 1. The van der Waals surface area contributed by atoms with Crippen molar-refractivity contribution in [1.29, 1.82) is 0 Å². The smallest absolute Gasteiger partial charge is 0.228 e. The number of rotatable bonds is 5. The van der Waals surface area contributed by atoms with Crippen molar-refractivity contribution < 1.29 is 9.53 Å². The van der Waals surface area contributed by atoms with Crippen molar-refractivity contribution in [2.75, 3.05) is 11.5 Å². The van der Waals surface area contributed by atoms with Gasteiger partial charge >= 0.3 is 0 Å². The first-order valence-corrected chi connectivity index (χ1v) is 11.2. The zero-order valence-electron chi connectivity index (χ0n) is 18.5. The quantitative estimate of drug-likeness (QED) is 0.363. The molecule has 1 heterocycles. The van der Waals surface area contributed by atoms with Gasteiger partial charge in [-0.05, 0) is 47.9 Å². The molecule has 4 aromatic carbocycles. The van der Waals surface area contributed by atoms with Gasteiger partial charge in [-0.1, -0.05) is 78.4 Å². The predicted molar refractivity (Wildman–Crippen MR) is 130 cm³/mol. The van der Waals surface area contributed by atoms with Gasteiger partial charge in [-0.3, -0.25) is 4.79 Å². The molecule has 1 aliphatic heterocycles. The summed E-state index contributed by atoms with van der Waals surface area (Å²) >= 11 is 0. The van der Waals surface area contributed by atoms with E-state index < -0.39 is 0 Å². The van der Waals surface area contributed by atoms with Gasteiger partial charge < -0.3 is 9.64 Å². The molecule has 0 saturated heterocycles. The van der Waals surface area contributed by atoms with Crippen LogP contribution in [-0.2, 0) is 11.3 Å². The molecule has 0 radical (unpaired) electrons. The van der Waals surface area contributed by atoms with Gasteiger partial charge in [0.1, 0.15) is 5.75 Å². The molecule has 0 bridgehead atoms. The Morgan fingerprint density at radius 1 is 0.906 bits per heavy atom. The van der Waals surface area contributed by atoms with Crippen LogP contribution in [0.1, 0.15) is 41.5 Å². The summed E-state index contributed by atoms with van der Waals surface area (Å²) in [5, 5.41) is 2.39. The zero-order chi connectivity index (χ0) is 22.1. The molecule has 1 amide bonds. The van der Waals surface area contributed by atoms with Gasteiger partial charge in [-0.2, -0.15) is 0 Å². The number of carbonyl (C=O) groups is 1. The van der Waals surface area contributed by atoms with Gasteiger partial charge in [-0.25, -0.2) is 0 Å². The molecular formula is C29H27NO2. The molecular weight excluding hydrogens is 394 g/mol. The van der Waals surface area contributed by atoms with E-state index in [9.17, 15) is 4.79 Å². The summed E-state index contributed by atoms with van der Waals surface area (Å²) in [6, 6.07) is 29.3. The van der Waals surface area contributed by atoms with Gasteiger partial charge in [0, 0.05) is 23.6 Å². The number of aryl methyl sites for hydroxylation is 1. The second-order valence-electron chi connectivity index (χ2n) is 8.41. The Morgan fingerprint density at radius 3 is 2.47 bits per heavy atom. The molecule has 3 nitrogen and oxygen atoms in total. The van der Waals surface area contributed by atoms with Crippen LogP contribution in [0.25, 0.3) is 10.8 Å². The summed E-state index contributed by atoms with van der Waals surface area (Å²) in [4.78, 5) is 15.5. The van der Waals surface area contributed by atoms with Crippen LogP contribution in [0.2, 0.25) is 0 Å². The number of anilines is 1. The van der Waals surface area contributed by atoms with Crippen molar-refractivity contribution in [3.05, 3.63) is 107 Å². The van der Waals surface area contributed by atoms with Crippen molar-refractivity contribution in [2.24, 2.45) is 0 Å². The van der Waals surface area contributed by atoms with E-state index in [1.165, 1.54) is 21.9 Å². The molecule has 32 heavy (non-hydrogen) atoms. The third kappa shape index (κ3) is 3.64. The minimum absolute atomic E-state index is 0.0411. The Balaban J connectivity index is 1.68. The lowest BCUT2D eigenvalue weighted by Gasteiger charge is -2.36. The van der Waals surface area contributed by atoms with Crippen LogP contribution >= 0.6 is 0 Å². The number of para-hydroxylation sites is 1. The second-order valence-corrected chi connectivity index (χ2v) is 8.41. The highest BCUT2D eigenvalue weighted by Crippen LogP contribution is 2.46. The number of fused-ring (bicyclic) bond motifs is 3. The Kier molecular flexibility index (Phi) is 5.40. The molecule has 0 spiro atoms. The molecule has 0 aromatic heterocycles. The Bertz CT molecular complexity index is 1280. The molecule has 0 fully saturated rings. The maximum absolute atomic E-state index is 13.5. The Hall–Kier alpha value is -3.59. The van der Waals surface area contributed by atoms with Crippen LogP contribution in [0.3, 0.4) is 0 Å².